The summed E-state index contributed by atoms with van der Waals surface area (Å²) in [6, 6.07) is 15.6. The highest BCUT2D eigenvalue weighted by Crippen LogP contribution is 2.43. The molecule has 156 valence electrons. The Labute approximate surface area is 171 Å². The van der Waals surface area contributed by atoms with E-state index in [0.29, 0.717) is 34.5 Å². The molecule has 0 bridgehead atoms. The van der Waals surface area contributed by atoms with Gasteiger partial charge in [-0.1, -0.05) is 48.5 Å². The normalized spacial score (nSPS) is 23.0. The van der Waals surface area contributed by atoms with Crippen molar-refractivity contribution in [3.63, 3.8) is 0 Å². The van der Waals surface area contributed by atoms with Crippen molar-refractivity contribution in [1.82, 2.24) is 5.06 Å². The number of hydrogen-bond acceptors (Lipinski definition) is 4. The summed E-state index contributed by atoms with van der Waals surface area (Å²) in [5, 5.41) is 3.85. The van der Waals surface area contributed by atoms with Crippen LogP contribution >= 0.6 is 0 Å². The number of hydroxylamine groups is 2. The van der Waals surface area contributed by atoms with Gasteiger partial charge in [0.1, 0.15) is 0 Å². The monoisotopic (exact) mass is 415 g/mol. The maximum absolute atomic E-state index is 14.2. The van der Waals surface area contributed by atoms with Crippen LogP contribution in [0.25, 0.3) is 21.5 Å². The van der Waals surface area contributed by atoms with E-state index in [4.69, 9.17) is 9.57 Å². The lowest BCUT2D eigenvalue weighted by atomic mass is 9.93. The van der Waals surface area contributed by atoms with Crippen molar-refractivity contribution in [2.45, 2.75) is 43.7 Å². The van der Waals surface area contributed by atoms with Crippen LogP contribution in [-0.2, 0) is 14.4 Å². The fourth-order valence-corrected chi connectivity index (χ4v) is 4.59. The van der Waals surface area contributed by atoms with E-state index in [9.17, 15) is 18.0 Å². The Balaban J connectivity index is 1.57. The van der Waals surface area contributed by atoms with Gasteiger partial charge in [0.2, 0.25) is 6.10 Å². The lowest BCUT2D eigenvalue weighted by Gasteiger charge is -2.25. The molecule has 30 heavy (non-hydrogen) atoms. The lowest BCUT2D eigenvalue weighted by Crippen LogP contribution is -2.32. The van der Waals surface area contributed by atoms with Crippen LogP contribution in [0, 0.1) is 0 Å². The Kier molecular flexibility index (Phi) is 4.67. The number of fused-ring (bicyclic) bond motifs is 3. The van der Waals surface area contributed by atoms with Crippen LogP contribution in [0.1, 0.15) is 30.9 Å². The van der Waals surface area contributed by atoms with Crippen molar-refractivity contribution in [1.29, 1.82) is 0 Å². The number of alkyl halides is 3. The summed E-state index contributed by atoms with van der Waals surface area (Å²) in [5.41, 5.74) is -0.0388. The van der Waals surface area contributed by atoms with Gasteiger partial charge >= 0.3 is 12.1 Å². The van der Waals surface area contributed by atoms with E-state index in [1.165, 1.54) is 0 Å². The van der Waals surface area contributed by atoms with Gasteiger partial charge in [-0.05, 0) is 40.5 Å². The Morgan fingerprint density at radius 2 is 1.70 bits per heavy atom. The number of rotatable bonds is 3. The fourth-order valence-electron chi connectivity index (χ4n) is 4.59. The van der Waals surface area contributed by atoms with Crippen LogP contribution in [0.2, 0.25) is 0 Å². The smallest absolute Gasteiger partial charge is 0.429 e. The number of esters is 1. The Hall–Kier alpha value is -2.64. The lowest BCUT2D eigenvalue weighted by molar-refractivity contribution is -0.234. The first-order valence-corrected chi connectivity index (χ1v) is 10.0. The standard InChI is InChI=1S/C23H20F3NO3/c24-23(25,26)21(29-22(28)19-13-16-8-5-11-27(16)30-19)20-17-9-3-1-6-14(17)12-15-7-2-4-10-18(15)20/h1-4,6-7,9-10,12,16,19,21H,5,8,11,13H2/t16?,19?,21-/m1/s1. The molecule has 3 aromatic rings. The zero-order chi connectivity index (χ0) is 20.9. The average molecular weight is 415 g/mol. The molecule has 0 saturated carbocycles. The van der Waals surface area contributed by atoms with Gasteiger partial charge in [-0.2, -0.15) is 18.2 Å². The number of hydrogen-bond donors (Lipinski definition) is 0. The quantitative estimate of drug-likeness (QED) is 0.429. The molecular weight excluding hydrogens is 395 g/mol. The van der Waals surface area contributed by atoms with Crippen LogP contribution in [0.5, 0.6) is 0 Å². The second kappa shape index (κ2) is 7.25. The minimum atomic E-state index is -4.77. The highest BCUT2D eigenvalue weighted by atomic mass is 19.4. The van der Waals surface area contributed by atoms with E-state index >= 15 is 0 Å². The molecule has 2 fully saturated rings. The summed E-state index contributed by atoms with van der Waals surface area (Å²) in [6.45, 7) is 0.686. The van der Waals surface area contributed by atoms with E-state index in [1.807, 2.05) is 6.07 Å². The van der Waals surface area contributed by atoms with E-state index in [2.05, 4.69) is 0 Å². The minimum Gasteiger partial charge on any atom is -0.446 e. The second-order valence-electron chi connectivity index (χ2n) is 7.86. The summed E-state index contributed by atoms with van der Waals surface area (Å²) in [5.74, 6) is -0.969. The second-order valence-corrected chi connectivity index (χ2v) is 7.86. The molecule has 3 aromatic carbocycles. The summed E-state index contributed by atoms with van der Waals surface area (Å²) in [6.07, 6.45) is -5.95. The van der Waals surface area contributed by atoms with Crippen LogP contribution in [-0.4, -0.2) is 35.9 Å². The molecule has 7 heteroatoms. The topological polar surface area (TPSA) is 38.8 Å². The highest BCUT2D eigenvalue weighted by Gasteiger charge is 2.48. The van der Waals surface area contributed by atoms with Gasteiger partial charge in [0.25, 0.3) is 0 Å². The predicted octanol–water partition coefficient (Wildman–Crippen LogP) is 5.31. The van der Waals surface area contributed by atoms with E-state index in [0.717, 1.165) is 12.8 Å². The van der Waals surface area contributed by atoms with Gasteiger partial charge in [-0.15, -0.1) is 0 Å². The summed E-state index contributed by atoms with van der Waals surface area (Å²) in [4.78, 5) is 18.3. The van der Waals surface area contributed by atoms with Gasteiger partial charge in [-0.25, -0.2) is 4.79 Å². The molecule has 2 unspecified atom stereocenters. The molecule has 0 radical (unpaired) electrons. The molecule has 2 heterocycles. The van der Waals surface area contributed by atoms with Crippen molar-refractivity contribution in [3.8, 4) is 0 Å². The molecule has 0 amide bonds. The summed E-state index contributed by atoms with van der Waals surface area (Å²) in [7, 11) is 0. The molecular formula is C23H20F3NO3. The first kappa shape index (κ1) is 19.3. The molecule has 2 aliphatic rings. The molecule has 0 aromatic heterocycles. The van der Waals surface area contributed by atoms with Crippen molar-refractivity contribution in [2.24, 2.45) is 0 Å². The number of carbonyl (C=O) groups excluding carboxylic acids is 1. The van der Waals surface area contributed by atoms with Gasteiger partial charge in [0, 0.05) is 24.6 Å². The summed E-state index contributed by atoms with van der Waals surface area (Å²) >= 11 is 0. The number of benzene rings is 3. The molecule has 2 saturated heterocycles. The van der Waals surface area contributed by atoms with Gasteiger partial charge in [-0.3, -0.25) is 4.84 Å². The largest absolute Gasteiger partial charge is 0.446 e. The first-order valence-electron chi connectivity index (χ1n) is 10.0. The third kappa shape index (κ3) is 3.32. The third-order valence-corrected chi connectivity index (χ3v) is 5.94. The molecule has 2 aliphatic heterocycles. The zero-order valence-corrected chi connectivity index (χ0v) is 16.1. The number of halogens is 3. The third-order valence-electron chi connectivity index (χ3n) is 5.94. The SMILES string of the molecule is O=C(O[C@H](c1c2ccccc2cc2ccccc12)C(F)(F)F)C1CC2CCCN2O1. The van der Waals surface area contributed by atoms with E-state index in [-0.39, 0.29) is 11.6 Å². The Bertz CT molecular complexity index is 1050. The average Bonchev–Trinajstić information content (AvgIpc) is 3.32. The maximum atomic E-state index is 14.2. The Morgan fingerprint density at radius 3 is 2.30 bits per heavy atom. The van der Waals surface area contributed by atoms with Crippen molar-refractivity contribution < 1.29 is 27.5 Å². The van der Waals surface area contributed by atoms with Crippen molar-refractivity contribution in [3.05, 3.63) is 60.2 Å². The van der Waals surface area contributed by atoms with E-state index < -0.39 is 24.4 Å². The number of nitrogens with zero attached hydrogens (tertiary/aromatic N) is 1. The van der Waals surface area contributed by atoms with Crippen LogP contribution in [0.4, 0.5) is 13.2 Å². The number of carbonyl (C=O) groups is 1. The fraction of sp³-hybridized carbons (Fsp3) is 0.348. The molecule has 0 aliphatic carbocycles. The predicted molar refractivity (Wildman–Crippen MR) is 106 cm³/mol. The van der Waals surface area contributed by atoms with Crippen molar-refractivity contribution in [2.75, 3.05) is 6.54 Å². The molecule has 0 spiro atoms. The number of ether oxygens (including phenoxy) is 1. The summed E-state index contributed by atoms with van der Waals surface area (Å²) < 4.78 is 47.8. The van der Waals surface area contributed by atoms with Gasteiger partial charge in [0.15, 0.2) is 6.10 Å². The van der Waals surface area contributed by atoms with Crippen LogP contribution < -0.4 is 0 Å². The molecule has 5 rings (SSSR count). The van der Waals surface area contributed by atoms with Crippen molar-refractivity contribution >= 4 is 27.5 Å². The van der Waals surface area contributed by atoms with Gasteiger partial charge in [0.05, 0.1) is 0 Å². The molecule has 0 N–H and O–H groups in total. The van der Waals surface area contributed by atoms with Crippen LogP contribution in [0.3, 0.4) is 0 Å². The Morgan fingerprint density at radius 1 is 1.07 bits per heavy atom. The zero-order valence-electron chi connectivity index (χ0n) is 16.1. The van der Waals surface area contributed by atoms with E-state index in [1.54, 1.807) is 53.6 Å². The minimum absolute atomic E-state index is 0.0388. The molecule has 4 nitrogen and oxygen atoms in total. The van der Waals surface area contributed by atoms with Gasteiger partial charge < -0.3 is 4.74 Å². The molecule has 3 atom stereocenters. The highest BCUT2D eigenvalue weighted by molar-refractivity contribution is 6.02. The maximum Gasteiger partial charge on any atom is 0.429 e. The first-order chi connectivity index (χ1) is 14.4. The van der Waals surface area contributed by atoms with Crippen LogP contribution in [0.15, 0.2) is 54.6 Å².